The van der Waals surface area contributed by atoms with Crippen molar-refractivity contribution in [1.82, 2.24) is 4.98 Å². The maximum Gasteiger partial charge on any atom is 0.221 e. The molecule has 3 nitrogen and oxygen atoms in total. The number of hydrogen-bond donors (Lipinski definition) is 1. The van der Waals surface area contributed by atoms with Gasteiger partial charge in [-0.05, 0) is 24.6 Å². The summed E-state index contributed by atoms with van der Waals surface area (Å²) in [6.45, 7) is 1.70. The Bertz CT molecular complexity index is 374. The summed E-state index contributed by atoms with van der Waals surface area (Å²) < 4.78 is 12.6. The number of aromatic nitrogens is 1. The van der Waals surface area contributed by atoms with Gasteiger partial charge in [0, 0.05) is 12.1 Å². The minimum Gasteiger partial charge on any atom is -0.369 e. The van der Waals surface area contributed by atoms with Gasteiger partial charge in [-0.3, -0.25) is 4.79 Å². The van der Waals surface area contributed by atoms with Crippen LogP contribution in [0.15, 0.2) is 18.2 Å². The zero-order valence-electron chi connectivity index (χ0n) is 7.83. The molecule has 0 aliphatic rings. The second kappa shape index (κ2) is 4.50. The fourth-order valence-electron chi connectivity index (χ4n) is 1.02. The molecule has 0 unspecified atom stereocenters. The fraction of sp³-hybridized carbons (Fsp3) is 0.200. The Labute approximate surface area is 81.5 Å². The molecule has 0 saturated carbocycles. The van der Waals surface area contributed by atoms with Crippen molar-refractivity contribution < 1.29 is 9.18 Å². The molecule has 1 rings (SSSR count). The number of primary amides is 1. The van der Waals surface area contributed by atoms with E-state index in [9.17, 15) is 9.18 Å². The third-order valence-corrected chi connectivity index (χ3v) is 1.71. The number of aryl methyl sites for hydroxylation is 1. The van der Waals surface area contributed by atoms with Crippen molar-refractivity contribution in [2.45, 2.75) is 13.3 Å². The minimum absolute atomic E-state index is 0.177. The van der Waals surface area contributed by atoms with Gasteiger partial charge < -0.3 is 5.73 Å². The van der Waals surface area contributed by atoms with Crippen molar-refractivity contribution in [2.75, 3.05) is 0 Å². The highest BCUT2D eigenvalue weighted by Crippen LogP contribution is 2.08. The molecule has 1 amide bonds. The Morgan fingerprint density at radius 1 is 1.64 bits per heavy atom. The van der Waals surface area contributed by atoms with Crippen LogP contribution in [0.2, 0.25) is 0 Å². The van der Waals surface area contributed by atoms with E-state index in [1.165, 1.54) is 6.07 Å². The van der Waals surface area contributed by atoms with Crippen LogP contribution in [0.5, 0.6) is 0 Å². The molecule has 0 atom stereocenters. The van der Waals surface area contributed by atoms with E-state index >= 15 is 0 Å². The quantitative estimate of drug-likeness (QED) is 0.740. The monoisotopic (exact) mass is 194 g/mol. The first kappa shape index (κ1) is 10.4. The molecule has 0 fully saturated rings. The molecule has 4 heteroatoms. The number of pyridine rings is 1. The van der Waals surface area contributed by atoms with Gasteiger partial charge in [-0.1, -0.05) is 12.2 Å². The lowest BCUT2D eigenvalue weighted by atomic mass is 10.2. The van der Waals surface area contributed by atoms with E-state index in [0.717, 1.165) is 5.56 Å². The number of nitrogens with two attached hydrogens (primary N) is 1. The summed E-state index contributed by atoms with van der Waals surface area (Å²) in [5.74, 6) is -0.900. The summed E-state index contributed by atoms with van der Waals surface area (Å²) in [7, 11) is 0. The molecule has 0 radical (unpaired) electrons. The summed E-state index contributed by atoms with van der Waals surface area (Å²) in [5.41, 5.74) is 6.33. The summed E-state index contributed by atoms with van der Waals surface area (Å²) >= 11 is 0. The molecule has 0 spiro atoms. The Kier molecular flexibility index (Phi) is 3.34. The molecule has 0 aliphatic heterocycles. The van der Waals surface area contributed by atoms with Gasteiger partial charge in [-0.15, -0.1) is 0 Å². The van der Waals surface area contributed by atoms with E-state index in [1.54, 1.807) is 25.1 Å². The Morgan fingerprint density at radius 2 is 2.36 bits per heavy atom. The summed E-state index contributed by atoms with van der Waals surface area (Å²) in [6, 6.07) is 2.88. The summed E-state index contributed by atoms with van der Waals surface area (Å²) in [6.07, 6.45) is 3.51. The van der Waals surface area contributed by atoms with Gasteiger partial charge >= 0.3 is 0 Å². The fourth-order valence-corrected chi connectivity index (χ4v) is 1.02. The molecule has 0 saturated heterocycles. The first-order valence-corrected chi connectivity index (χ1v) is 4.17. The van der Waals surface area contributed by atoms with Crippen molar-refractivity contribution in [3.05, 3.63) is 35.4 Å². The second-order valence-electron chi connectivity index (χ2n) is 2.88. The molecule has 0 aliphatic carbocycles. The lowest BCUT2D eigenvalue weighted by Gasteiger charge is -1.98. The molecular weight excluding hydrogens is 183 g/mol. The molecule has 1 aromatic heterocycles. The number of halogens is 1. The molecule has 1 heterocycles. The van der Waals surface area contributed by atoms with Gasteiger partial charge in [0.1, 0.15) is 0 Å². The van der Waals surface area contributed by atoms with Crippen LogP contribution < -0.4 is 5.73 Å². The molecule has 1 aromatic rings. The van der Waals surface area contributed by atoms with Crippen LogP contribution in [-0.4, -0.2) is 10.9 Å². The summed E-state index contributed by atoms with van der Waals surface area (Å²) in [5, 5.41) is 0. The van der Waals surface area contributed by atoms with Crippen molar-refractivity contribution in [1.29, 1.82) is 0 Å². The normalized spacial score (nSPS) is 10.7. The number of rotatable bonds is 3. The van der Waals surface area contributed by atoms with E-state index in [-0.39, 0.29) is 6.42 Å². The highest BCUT2D eigenvalue weighted by molar-refractivity contribution is 5.76. The molecular formula is C10H11FN2O. The van der Waals surface area contributed by atoms with Gasteiger partial charge in [0.25, 0.3) is 0 Å². The predicted molar refractivity (Wildman–Crippen MR) is 51.8 cm³/mol. The van der Waals surface area contributed by atoms with E-state index < -0.39 is 11.9 Å². The standard InChI is InChI=1S/C10H11FN2O/c1-7-8(3-2-4-10(12)14)5-6-9(11)13-7/h2-3,5-6H,4H2,1H3,(H2,12,14). The third-order valence-electron chi connectivity index (χ3n) is 1.71. The average Bonchev–Trinajstić information content (AvgIpc) is 2.08. The van der Waals surface area contributed by atoms with E-state index in [2.05, 4.69) is 4.98 Å². The maximum atomic E-state index is 12.6. The van der Waals surface area contributed by atoms with Crippen LogP contribution in [0, 0.1) is 12.9 Å². The van der Waals surface area contributed by atoms with Crippen molar-refractivity contribution >= 4 is 12.0 Å². The lowest BCUT2D eigenvalue weighted by Crippen LogP contribution is -2.07. The summed E-state index contributed by atoms with van der Waals surface area (Å²) in [4.78, 5) is 14.1. The van der Waals surface area contributed by atoms with Gasteiger partial charge in [0.15, 0.2) is 0 Å². The smallest absolute Gasteiger partial charge is 0.221 e. The number of carbonyl (C=O) groups excluding carboxylic acids is 1. The zero-order chi connectivity index (χ0) is 10.6. The number of carbonyl (C=O) groups is 1. The highest BCUT2D eigenvalue weighted by Gasteiger charge is 1.97. The third kappa shape index (κ3) is 2.97. The predicted octanol–water partition coefficient (Wildman–Crippen LogP) is 1.42. The van der Waals surface area contributed by atoms with E-state index in [1.807, 2.05) is 0 Å². The van der Waals surface area contributed by atoms with E-state index in [0.29, 0.717) is 5.69 Å². The number of nitrogens with zero attached hydrogens (tertiary/aromatic N) is 1. The topological polar surface area (TPSA) is 56.0 Å². The number of amides is 1. The zero-order valence-corrected chi connectivity index (χ0v) is 7.83. The highest BCUT2D eigenvalue weighted by atomic mass is 19.1. The average molecular weight is 194 g/mol. The number of hydrogen-bond acceptors (Lipinski definition) is 2. The van der Waals surface area contributed by atoms with Crippen LogP contribution >= 0.6 is 0 Å². The Morgan fingerprint density at radius 3 is 2.93 bits per heavy atom. The van der Waals surface area contributed by atoms with Crippen LogP contribution in [0.25, 0.3) is 6.08 Å². The molecule has 74 valence electrons. The van der Waals surface area contributed by atoms with Gasteiger partial charge in [0.2, 0.25) is 11.9 Å². The van der Waals surface area contributed by atoms with Gasteiger partial charge in [-0.25, -0.2) is 4.98 Å². The maximum absolute atomic E-state index is 12.6. The van der Waals surface area contributed by atoms with Crippen LogP contribution in [0.3, 0.4) is 0 Å². The molecule has 0 bridgehead atoms. The Hall–Kier alpha value is -1.71. The molecule has 2 N–H and O–H groups in total. The molecule has 0 aromatic carbocycles. The first-order valence-electron chi connectivity index (χ1n) is 4.17. The van der Waals surface area contributed by atoms with Gasteiger partial charge in [0.05, 0.1) is 0 Å². The van der Waals surface area contributed by atoms with Crippen molar-refractivity contribution in [3.63, 3.8) is 0 Å². The second-order valence-corrected chi connectivity index (χ2v) is 2.88. The Balaban J connectivity index is 2.76. The molecule has 14 heavy (non-hydrogen) atoms. The van der Waals surface area contributed by atoms with E-state index in [4.69, 9.17) is 5.73 Å². The first-order chi connectivity index (χ1) is 6.59. The largest absolute Gasteiger partial charge is 0.369 e. The van der Waals surface area contributed by atoms with Crippen molar-refractivity contribution in [2.24, 2.45) is 5.73 Å². The van der Waals surface area contributed by atoms with Crippen LogP contribution in [0.1, 0.15) is 17.7 Å². The lowest BCUT2D eigenvalue weighted by molar-refractivity contribution is -0.117. The van der Waals surface area contributed by atoms with Gasteiger partial charge in [-0.2, -0.15) is 4.39 Å². The van der Waals surface area contributed by atoms with Crippen LogP contribution in [0.4, 0.5) is 4.39 Å². The SMILES string of the molecule is Cc1nc(F)ccc1C=CCC(N)=O. The minimum atomic E-state index is -0.505. The van der Waals surface area contributed by atoms with Crippen molar-refractivity contribution in [3.8, 4) is 0 Å². The van der Waals surface area contributed by atoms with Crippen LogP contribution in [-0.2, 0) is 4.79 Å².